The molecule has 1 aromatic carbocycles. The van der Waals surface area contributed by atoms with Gasteiger partial charge in [0.25, 0.3) is 0 Å². The topological polar surface area (TPSA) is 69.6 Å². The van der Waals surface area contributed by atoms with Gasteiger partial charge in [-0.1, -0.05) is 6.92 Å². The molecule has 0 saturated carbocycles. The van der Waals surface area contributed by atoms with Crippen LogP contribution in [0.3, 0.4) is 0 Å². The molecular formula is C15H20N2O3. The standard InChI is InChI=1S/C15H20N2O3/c1-3-10(2)16-15(20)17-8-4-5-11-9-12(14(18)19)6-7-13(11)17/h6-7,9-10H,3-5,8H2,1-2H3,(H,16,20)(H,18,19). The molecule has 1 aliphatic rings. The Morgan fingerprint density at radius 2 is 2.20 bits per heavy atom. The number of anilines is 1. The van der Waals surface area contributed by atoms with Gasteiger partial charge in [-0.2, -0.15) is 0 Å². The van der Waals surface area contributed by atoms with Crippen LogP contribution >= 0.6 is 0 Å². The summed E-state index contributed by atoms with van der Waals surface area (Å²) in [5.74, 6) is -0.936. The van der Waals surface area contributed by atoms with Gasteiger partial charge in [-0.3, -0.25) is 4.90 Å². The quantitative estimate of drug-likeness (QED) is 0.891. The molecule has 0 bridgehead atoms. The van der Waals surface area contributed by atoms with Gasteiger partial charge in [0.05, 0.1) is 5.56 Å². The van der Waals surface area contributed by atoms with E-state index in [1.165, 1.54) is 0 Å². The summed E-state index contributed by atoms with van der Waals surface area (Å²) >= 11 is 0. The fourth-order valence-corrected chi connectivity index (χ4v) is 2.33. The van der Waals surface area contributed by atoms with Crippen molar-refractivity contribution in [2.75, 3.05) is 11.4 Å². The van der Waals surface area contributed by atoms with Gasteiger partial charge in [-0.05, 0) is 49.9 Å². The van der Waals surface area contributed by atoms with Crippen LogP contribution < -0.4 is 10.2 Å². The van der Waals surface area contributed by atoms with E-state index < -0.39 is 5.97 Å². The number of hydrogen-bond donors (Lipinski definition) is 2. The minimum Gasteiger partial charge on any atom is -0.478 e. The molecule has 1 aromatic rings. The van der Waals surface area contributed by atoms with E-state index in [0.29, 0.717) is 6.54 Å². The number of aryl methyl sites for hydroxylation is 1. The summed E-state index contributed by atoms with van der Waals surface area (Å²) in [7, 11) is 0. The number of carboxylic acids is 1. The highest BCUT2D eigenvalue weighted by Crippen LogP contribution is 2.28. The molecule has 1 unspecified atom stereocenters. The van der Waals surface area contributed by atoms with Crippen LogP contribution in [0.15, 0.2) is 18.2 Å². The van der Waals surface area contributed by atoms with Crippen LogP contribution in [-0.2, 0) is 6.42 Å². The SMILES string of the molecule is CCC(C)NC(=O)N1CCCc2cc(C(=O)O)ccc21. The highest BCUT2D eigenvalue weighted by molar-refractivity contribution is 5.95. The third-order valence-corrected chi connectivity index (χ3v) is 3.67. The number of fused-ring (bicyclic) bond motifs is 1. The number of carbonyl (C=O) groups excluding carboxylic acids is 1. The Labute approximate surface area is 118 Å². The van der Waals surface area contributed by atoms with E-state index in [1.807, 2.05) is 13.8 Å². The average molecular weight is 276 g/mol. The molecule has 1 aliphatic heterocycles. The van der Waals surface area contributed by atoms with Crippen molar-refractivity contribution in [3.05, 3.63) is 29.3 Å². The Hall–Kier alpha value is -2.04. The normalized spacial score (nSPS) is 15.4. The van der Waals surface area contributed by atoms with Crippen molar-refractivity contribution in [3.8, 4) is 0 Å². The largest absolute Gasteiger partial charge is 0.478 e. The number of benzene rings is 1. The van der Waals surface area contributed by atoms with Crippen molar-refractivity contribution in [1.29, 1.82) is 0 Å². The number of hydrogen-bond acceptors (Lipinski definition) is 2. The zero-order chi connectivity index (χ0) is 14.7. The minimum absolute atomic E-state index is 0.108. The Kier molecular flexibility index (Phi) is 4.27. The Morgan fingerprint density at radius 1 is 1.45 bits per heavy atom. The Balaban J connectivity index is 2.24. The molecule has 2 amide bonds. The fraction of sp³-hybridized carbons (Fsp3) is 0.467. The molecule has 0 aromatic heterocycles. The summed E-state index contributed by atoms with van der Waals surface area (Å²) < 4.78 is 0. The lowest BCUT2D eigenvalue weighted by Gasteiger charge is -2.30. The lowest BCUT2D eigenvalue weighted by Crippen LogP contribution is -2.46. The van der Waals surface area contributed by atoms with Crippen LogP contribution in [0.25, 0.3) is 0 Å². The van der Waals surface area contributed by atoms with Gasteiger partial charge in [0.2, 0.25) is 0 Å². The lowest BCUT2D eigenvalue weighted by molar-refractivity contribution is 0.0696. The number of nitrogens with one attached hydrogen (secondary N) is 1. The molecule has 0 spiro atoms. The Bertz CT molecular complexity index is 528. The van der Waals surface area contributed by atoms with Gasteiger partial charge >= 0.3 is 12.0 Å². The minimum atomic E-state index is -0.936. The number of rotatable bonds is 3. The number of amides is 2. The molecule has 2 rings (SSSR count). The molecule has 0 saturated heterocycles. The van der Waals surface area contributed by atoms with E-state index in [4.69, 9.17) is 5.11 Å². The molecule has 5 nitrogen and oxygen atoms in total. The van der Waals surface area contributed by atoms with Gasteiger partial charge in [-0.15, -0.1) is 0 Å². The summed E-state index contributed by atoms with van der Waals surface area (Å²) in [6.07, 6.45) is 2.54. The van der Waals surface area contributed by atoms with E-state index in [-0.39, 0.29) is 17.6 Å². The van der Waals surface area contributed by atoms with Gasteiger partial charge < -0.3 is 10.4 Å². The van der Waals surface area contributed by atoms with E-state index >= 15 is 0 Å². The lowest BCUT2D eigenvalue weighted by atomic mass is 9.99. The van der Waals surface area contributed by atoms with Crippen molar-refractivity contribution < 1.29 is 14.7 Å². The maximum Gasteiger partial charge on any atom is 0.335 e. The van der Waals surface area contributed by atoms with Gasteiger partial charge in [0, 0.05) is 18.3 Å². The molecule has 5 heteroatoms. The maximum absolute atomic E-state index is 12.2. The second kappa shape index (κ2) is 5.94. The predicted molar refractivity (Wildman–Crippen MR) is 77.4 cm³/mol. The molecule has 108 valence electrons. The molecule has 1 heterocycles. The molecule has 0 aliphatic carbocycles. The van der Waals surface area contributed by atoms with Crippen molar-refractivity contribution in [2.24, 2.45) is 0 Å². The average Bonchev–Trinajstić information content (AvgIpc) is 2.45. The summed E-state index contributed by atoms with van der Waals surface area (Å²) in [5.41, 5.74) is 2.02. The first-order chi connectivity index (χ1) is 9.52. The first kappa shape index (κ1) is 14.4. The zero-order valence-electron chi connectivity index (χ0n) is 11.8. The fourth-order valence-electron chi connectivity index (χ4n) is 2.33. The first-order valence-corrected chi connectivity index (χ1v) is 6.97. The molecular weight excluding hydrogens is 256 g/mol. The van der Waals surface area contributed by atoms with Crippen molar-refractivity contribution in [2.45, 2.75) is 39.2 Å². The second-order valence-corrected chi connectivity index (χ2v) is 5.16. The van der Waals surface area contributed by atoms with Crippen molar-refractivity contribution >= 4 is 17.7 Å². The van der Waals surface area contributed by atoms with Crippen molar-refractivity contribution in [3.63, 3.8) is 0 Å². The highest BCUT2D eigenvalue weighted by atomic mass is 16.4. The second-order valence-electron chi connectivity index (χ2n) is 5.16. The number of aromatic carboxylic acids is 1. The van der Waals surface area contributed by atoms with Gasteiger partial charge in [-0.25, -0.2) is 9.59 Å². The van der Waals surface area contributed by atoms with Crippen molar-refractivity contribution in [1.82, 2.24) is 5.32 Å². The summed E-state index contributed by atoms with van der Waals surface area (Å²) in [6.45, 7) is 4.66. The Morgan fingerprint density at radius 3 is 2.85 bits per heavy atom. The van der Waals surface area contributed by atoms with Crippen LogP contribution in [0.2, 0.25) is 0 Å². The van der Waals surface area contributed by atoms with Crippen LogP contribution in [0.4, 0.5) is 10.5 Å². The van der Waals surface area contributed by atoms with Crippen LogP contribution in [0.5, 0.6) is 0 Å². The summed E-state index contributed by atoms with van der Waals surface area (Å²) in [5, 5.41) is 12.0. The molecule has 1 atom stereocenters. The number of carboxylic acid groups (broad SMARTS) is 1. The van der Waals surface area contributed by atoms with Gasteiger partial charge in [0.15, 0.2) is 0 Å². The van der Waals surface area contributed by atoms with E-state index in [2.05, 4.69) is 5.32 Å². The van der Waals surface area contributed by atoms with E-state index in [9.17, 15) is 9.59 Å². The third-order valence-electron chi connectivity index (χ3n) is 3.67. The highest BCUT2D eigenvalue weighted by Gasteiger charge is 2.23. The molecule has 0 radical (unpaired) electrons. The number of nitrogens with zero attached hydrogens (tertiary/aromatic N) is 1. The van der Waals surface area contributed by atoms with Crippen LogP contribution in [-0.4, -0.2) is 29.7 Å². The van der Waals surface area contributed by atoms with E-state index in [0.717, 1.165) is 30.5 Å². The predicted octanol–water partition coefficient (Wildman–Crippen LogP) is 2.65. The van der Waals surface area contributed by atoms with Crippen LogP contribution in [0, 0.1) is 0 Å². The monoisotopic (exact) mass is 276 g/mol. The smallest absolute Gasteiger partial charge is 0.335 e. The molecule has 0 fully saturated rings. The molecule has 2 N–H and O–H groups in total. The zero-order valence-corrected chi connectivity index (χ0v) is 11.8. The number of carbonyl (C=O) groups is 2. The first-order valence-electron chi connectivity index (χ1n) is 6.97. The van der Waals surface area contributed by atoms with Gasteiger partial charge in [0.1, 0.15) is 0 Å². The summed E-state index contributed by atoms with van der Waals surface area (Å²) in [4.78, 5) is 24.9. The third kappa shape index (κ3) is 2.92. The maximum atomic E-state index is 12.2. The van der Waals surface area contributed by atoms with Crippen LogP contribution in [0.1, 0.15) is 42.6 Å². The van der Waals surface area contributed by atoms with E-state index in [1.54, 1.807) is 23.1 Å². The summed E-state index contributed by atoms with van der Waals surface area (Å²) in [6, 6.07) is 4.97. The molecule has 20 heavy (non-hydrogen) atoms. The number of urea groups is 1.